The summed E-state index contributed by atoms with van der Waals surface area (Å²) in [6, 6.07) is 7.85. The maximum Gasteiger partial charge on any atom is 0.496 e. The zero-order valence-corrected chi connectivity index (χ0v) is 23.0. The van der Waals surface area contributed by atoms with Crippen molar-refractivity contribution in [3.05, 3.63) is 61.0 Å². The quantitative estimate of drug-likeness (QED) is 0.407. The molecule has 34 heavy (non-hydrogen) atoms. The van der Waals surface area contributed by atoms with Crippen molar-refractivity contribution in [1.82, 2.24) is 0 Å². The average Bonchev–Trinajstić information content (AvgIpc) is 2.96. The first-order chi connectivity index (χ1) is 15.9. The Balaban J connectivity index is 0.000000180. The molecule has 0 aromatic heterocycles. The Morgan fingerprint density at radius 3 is 1.74 bits per heavy atom. The fourth-order valence-corrected chi connectivity index (χ4v) is 5.25. The first-order valence-corrected chi connectivity index (χ1v) is 13.1. The first-order valence-electron chi connectivity index (χ1n) is 11.5. The number of fused-ring (bicyclic) bond motifs is 2. The second-order valence-corrected chi connectivity index (χ2v) is 11.9. The Bertz CT molecular complexity index is 1150. The minimum Gasteiger partial charge on any atom is -0.399 e. The summed E-state index contributed by atoms with van der Waals surface area (Å²) in [4.78, 5) is 22.7. The third-order valence-electron chi connectivity index (χ3n) is 7.19. The molecule has 0 bridgehead atoms. The highest BCUT2D eigenvalue weighted by Gasteiger charge is 2.52. The van der Waals surface area contributed by atoms with E-state index in [-0.39, 0.29) is 17.0 Å². The van der Waals surface area contributed by atoms with E-state index in [4.69, 9.17) is 32.5 Å². The molecule has 0 amide bonds. The molecule has 2 aromatic carbocycles. The number of benzene rings is 2. The highest BCUT2D eigenvalue weighted by molar-refractivity contribution is 9.10. The lowest BCUT2D eigenvalue weighted by atomic mass is 9.76. The molecule has 3 aliphatic rings. The zero-order chi connectivity index (χ0) is 24.8. The van der Waals surface area contributed by atoms with Crippen molar-refractivity contribution in [1.29, 1.82) is 0 Å². The van der Waals surface area contributed by atoms with Gasteiger partial charge in [0, 0.05) is 40.6 Å². The van der Waals surface area contributed by atoms with Gasteiger partial charge in [0.2, 0.25) is 0 Å². The van der Waals surface area contributed by atoms with Gasteiger partial charge in [-0.05, 0) is 96.9 Å². The lowest BCUT2D eigenvalue weighted by Crippen LogP contribution is -2.41. The molecule has 0 unspecified atom stereocenters. The maximum atomic E-state index is 11.6. The number of halogens is 3. The third kappa shape index (κ3) is 5.32. The van der Waals surface area contributed by atoms with Gasteiger partial charge in [-0.25, -0.2) is 0 Å². The van der Waals surface area contributed by atoms with E-state index in [1.54, 1.807) is 0 Å². The van der Waals surface area contributed by atoms with Gasteiger partial charge >= 0.3 is 7.12 Å². The molecule has 5 rings (SSSR count). The van der Waals surface area contributed by atoms with Gasteiger partial charge in [0.25, 0.3) is 0 Å². The van der Waals surface area contributed by atoms with Crippen LogP contribution in [0.3, 0.4) is 0 Å². The van der Waals surface area contributed by atoms with Gasteiger partial charge in [-0.1, -0.05) is 29.3 Å². The highest BCUT2D eigenvalue weighted by atomic mass is 79.9. The summed E-state index contributed by atoms with van der Waals surface area (Å²) in [5.74, 6) is 0.591. The molecule has 1 fully saturated rings. The van der Waals surface area contributed by atoms with Crippen molar-refractivity contribution < 1.29 is 18.9 Å². The van der Waals surface area contributed by atoms with Crippen LogP contribution in [-0.2, 0) is 44.6 Å². The van der Waals surface area contributed by atoms with Crippen LogP contribution >= 0.6 is 39.1 Å². The molecule has 2 aromatic rings. The Hall–Kier alpha value is -1.18. The molecule has 0 spiro atoms. The topological polar surface area (TPSA) is 52.6 Å². The fourth-order valence-electron chi connectivity index (χ4n) is 4.40. The highest BCUT2D eigenvalue weighted by Crippen LogP contribution is 2.37. The number of carbonyl (C=O) groups is 2. The predicted molar refractivity (Wildman–Crippen MR) is 140 cm³/mol. The molecule has 2 aliphatic carbocycles. The molecule has 180 valence electrons. The summed E-state index contributed by atoms with van der Waals surface area (Å²) >= 11 is 15.7. The molecule has 4 nitrogen and oxygen atoms in total. The van der Waals surface area contributed by atoms with Crippen molar-refractivity contribution in [2.45, 2.75) is 77.4 Å². The van der Waals surface area contributed by atoms with E-state index >= 15 is 0 Å². The van der Waals surface area contributed by atoms with Crippen LogP contribution in [0.2, 0.25) is 10.0 Å². The largest absolute Gasteiger partial charge is 0.496 e. The number of carbonyl (C=O) groups excluding carboxylic acids is 2. The van der Waals surface area contributed by atoms with Crippen molar-refractivity contribution in [2.24, 2.45) is 0 Å². The van der Waals surface area contributed by atoms with E-state index in [1.807, 2.05) is 52.0 Å². The van der Waals surface area contributed by atoms with Crippen molar-refractivity contribution in [2.75, 3.05) is 0 Å². The van der Waals surface area contributed by atoms with Crippen molar-refractivity contribution >= 4 is 63.3 Å². The summed E-state index contributed by atoms with van der Waals surface area (Å²) in [5.41, 5.74) is 4.66. The molecule has 0 N–H and O–H groups in total. The second kappa shape index (κ2) is 9.70. The van der Waals surface area contributed by atoms with E-state index in [9.17, 15) is 9.59 Å². The van der Waals surface area contributed by atoms with Crippen LogP contribution in [0.4, 0.5) is 0 Å². The SMILES string of the molecule is CC1(C)OB(c2cc3c(cc2Cl)CC(=O)CC3)OC1(C)C.O=C1CCc2cc(Br)c(Cl)cc2C1. The van der Waals surface area contributed by atoms with Gasteiger partial charge in [-0.2, -0.15) is 0 Å². The van der Waals surface area contributed by atoms with Gasteiger partial charge in [0.15, 0.2) is 0 Å². The van der Waals surface area contributed by atoms with Crippen LogP contribution in [0.15, 0.2) is 28.7 Å². The van der Waals surface area contributed by atoms with Gasteiger partial charge in [0.1, 0.15) is 11.6 Å². The smallest absolute Gasteiger partial charge is 0.399 e. The van der Waals surface area contributed by atoms with Crippen LogP contribution in [0, 0.1) is 0 Å². The lowest BCUT2D eigenvalue weighted by molar-refractivity contribution is -0.119. The molecular weight excluding hydrogens is 538 g/mol. The lowest BCUT2D eigenvalue weighted by Gasteiger charge is -2.32. The Kier molecular flexibility index (Phi) is 7.39. The number of hydrogen-bond donors (Lipinski definition) is 0. The van der Waals surface area contributed by atoms with Gasteiger partial charge < -0.3 is 9.31 Å². The Labute approximate surface area is 220 Å². The molecule has 8 heteroatoms. The van der Waals surface area contributed by atoms with E-state index < -0.39 is 7.12 Å². The second-order valence-electron chi connectivity index (χ2n) is 10.2. The number of rotatable bonds is 1. The van der Waals surface area contributed by atoms with E-state index in [0.717, 1.165) is 33.9 Å². The summed E-state index contributed by atoms with van der Waals surface area (Å²) in [6.45, 7) is 8.10. The summed E-state index contributed by atoms with van der Waals surface area (Å²) in [7, 11) is -0.453. The van der Waals surface area contributed by atoms with Gasteiger partial charge in [0.05, 0.1) is 16.2 Å². The normalized spacial score (nSPS) is 20.4. The molecule has 1 heterocycles. The number of hydrogen-bond acceptors (Lipinski definition) is 4. The van der Waals surface area contributed by atoms with Crippen LogP contribution < -0.4 is 5.46 Å². The molecular formula is C26H28BBrCl2O4. The number of aryl methyl sites for hydroxylation is 2. The maximum absolute atomic E-state index is 11.6. The van der Waals surface area contributed by atoms with Crippen LogP contribution in [0.25, 0.3) is 0 Å². The van der Waals surface area contributed by atoms with E-state index in [2.05, 4.69) is 15.9 Å². The summed E-state index contributed by atoms with van der Waals surface area (Å²) in [6.07, 6.45) is 3.93. The minimum atomic E-state index is -0.453. The van der Waals surface area contributed by atoms with Crippen LogP contribution in [0.5, 0.6) is 0 Å². The number of Topliss-reactive ketones (excluding diaryl/α,β-unsaturated/α-hetero) is 2. The Morgan fingerprint density at radius 1 is 0.735 bits per heavy atom. The summed E-state index contributed by atoms with van der Waals surface area (Å²) < 4.78 is 13.1. The average molecular weight is 566 g/mol. The third-order valence-corrected chi connectivity index (χ3v) is 8.71. The summed E-state index contributed by atoms with van der Waals surface area (Å²) in [5, 5.41) is 1.30. The molecule has 1 saturated heterocycles. The molecule has 1 aliphatic heterocycles. The molecule has 0 saturated carbocycles. The molecule has 0 radical (unpaired) electrons. The minimum absolute atomic E-state index is 0.280. The molecule has 0 atom stereocenters. The predicted octanol–water partition coefficient (Wildman–Crippen LogP) is 5.86. The van der Waals surface area contributed by atoms with Gasteiger partial charge in [-0.15, -0.1) is 0 Å². The number of ketones is 2. The van der Waals surface area contributed by atoms with E-state index in [0.29, 0.717) is 41.5 Å². The first kappa shape index (κ1) is 25.9. The van der Waals surface area contributed by atoms with Crippen LogP contribution in [0.1, 0.15) is 62.8 Å². The standard InChI is InChI=1S/C16H20BClO3.C10H8BrClO/c1-15(2)16(3,4)21-17(20-15)13-8-10-5-6-12(19)7-11(10)9-14(13)18;11-9-4-6-1-2-8(13)3-7(6)5-10(9)12/h8-9H,5-7H2,1-4H3;4-5H,1-3H2. The monoisotopic (exact) mass is 564 g/mol. The van der Waals surface area contributed by atoms with Crippen LogP contribution in [-0.4, -0.2) is 29.9 Å². The van der Waals surface area contributed by atoms with Crippen molar-refractivity contribution in [3.63, 3.8) is 0 Å². The van der Waals surface area contributed by atoms with Crippen molar-refractivity contribution in [3.8, 4) is 0 Å². The van der Waals surface area contributed by atoms with E-state index in [1.165, 1.54) is 11.1 Å². The Morgan fingerprint density at radius 2 is 1.21 bits per heavy atom. The fraction of sp³-hybridized carbons (Fsp3) is 0.462. The zero-order valence-electron chi connectivity index (χ0n) is 19.9. The van der Waals surface area contributed by atoms with Gasteiger partial charge in [-0.3, -0.25) is 9.59 Å².